The number of nitrogens with zero attached hydrogens (tertiary/aromatic N) is 2. The Balaban J connectivity index is 1.09. The van der Waals surface area contributed by atoms with Crippen LogP contribution in [0.5, 0.6) is 0 Å². The molecule has 3 unspecified atom stereocenters. The normalized spacial score (nSPS) is 18.1. The largest absolute Gasteiger partial charge is 0.334 e. The van der Waals surface area contributed by atoms with E-state index in [0.717, 1.165) is 5.69 Å². The molecular formula is C53H48N2. The van der Waals surface area contributed by atoms with E-state index in [0.29, 0.717) is 11.8 Å². The Kier molecular flexibility index (Phi) is 8.78. The van der Waals surface area contributed by atoms with Crippen molar-refractivity contribution in [2.24, 2.45) is 5.92 Å². The first-order chi connectivity index (χ1) is 26.8. The third-order valence-electron chi connectivity index (χ3n) is 12.1. The van der Waals surface area contributed by atoms with E-state index in [1.165, 1.54) is 72.1 Å². The molecule has 0 saturated heterocycles. The van der Waals surface area contributed by atoms with E-state index in [2.05, 4.69) is 226 Å². The summed E-state index contributed by atoms with van der Waals surface area (Å²) in [5, 5.41) is 2.60. The van der Waals surface area contributed by atoms with Crippen molar-refractivity contribution in [3.8, 4) is 11.1 Å². The summed E-state index contributed by atoms with van der Waals surface area (Å²) in [6, 6.07) is 53.6. The van der Waals surface area contributed by atoms with Crippen molar-refractivity contribution in [2.45, 2.75) is 52.0 Å². The second kappa shape index (κ2) is 13.9. The molecule has 2 aliphatic rings. The van der Waals surface area contributed by atoms with Gasteiger partial charge < -0.3 is 9.47 Å². The summed E-state index contributed by atoms with van der Waals surface area (Å²) < 4.78 is 2.46. The predicted molar refractivity (Wildman–Crippen MR) is 235 cm³/mol. The average Bonchev–Trinajstić information content (AvgIpc) is 3.68. The molecule has 2 nitrogen and oxygen atoms in total. The number of hydrogen-bond donors (Lipinski definition) is 0. The van der Waals surface area contributed by atoms with Crippen LogP contribution in [0.25, 0.3) is 38.5 Å². The Morgan fingerprint density at radius 1 is 0.709 bits per heavy atom. The van der Waals surface area contributed by atoms with Gasteiger partial charge in [-0.05, 0) is 95.1 Å². The summed E-state index contributed by atoms with van der Waals surface area (Å²) in [4.78, 5) is 2.50. The molecule has 2 aliphatic carbocycles. The van der Waals surface area contributed by atoms with Crippen molar-refractivity contribution in [1.29, 1.82) is 0 Å². The van der Waals surface area contributed by atoms with E-state index in [9.17, 15) is 0 Å². The van der Waals surface area contributed by atoms with Crippen LogP contribution in [0.1, 0.15) is 68.8 Å². The molecule has 0 radical (unpaired) electrons. The number of benzene rings is 6. The molecule has 0 fully saturated rings. The van der Waals surface area contributed by atoms with Gasteiger partial charge in [-0.15, -0.1) is 0 Å². The lowest BCUT2D eigenvalue weighted by Crippen LogP contribution is -2.24. The summed E-state index contributed by atoms with van der Waals surface area (Å²) in [6.07, 6.45) is 14.1. The van der Waals surface area contributed by atoms with Crippen LogP contribution in [0.4, 0.5) is 11.4 Å². The van der Waals surface area contributed by atoms with Crippen LogP contribution in [0, 0.1) is 5.92 Å². The number of allylic oxidation sites excluding steroid dienone is 7. The summed E-state index contributed by atoms with van der Waals surface area (Å²) in [7, 11) is 0. The predicted octanol–water partition coefficient (Wildman–Crippen LogP) is 14.3. The number of fused-ring (bicyclic) bond motifs is 6. The van der Waals surface area contributed by atoms with E-state index in [-0.39, 0.29) is 11.5 Å². The minimum atomic E-state index is -0.145. The van der Waals surface area contributed by atoms with Crippen molar-refractivity contribution in [2.75, 3.05) is 4.90 Å². The molecule has 6 aromatic carbocycles. The summed E-state index contributed by atoms with van der Waals surface area (Å²) >= 11 is 0. The van der Waals surface area contributed by atoms with Gasteiger partial charge in [0.2, 0.25) is 0 Å². The van der Waals surface area contributed by atoms with Crippen molar-refractivity contribution in [3.63, 3.8) is 0 Å². The molecule has 0 saturated carbocycles. The van der Waals surface area contributed by atoms with Crippen LogP contribution in [0.15, 0.2) is 188 Å². The molecule has 0 spiro atoms. The summed E-state index contributed by atoms with van der Waals surface area (Å²) in [6.45, 7) is 11.5. The Morgan fingerprint density at radius 2 is 1.35 bits per heavy atom. The molecule has 0 amide bonds. The van der Waals surface area contributed by atoms with Crippen molar-refractivity contribution < 1.29 is 0 Å². The number of para-hydroxylation sites is 2. The van der Waals surface area contributed by atoms with Gasteiger partial charge in [0.15, 0.2) is 0 Å². The smallest absolute Gasteiger partial charge is 0.0508 e. The maximum Gasteiger partial charge on any atom is 0.0508 e. The number of hydrogen-bond acceptors (Lipinski definition) is 1. The van der Waals surface area contributed by atoms with E-state index in [1.807, 2.05) is 0 Å². The number of rotatable bonds is 8. The Bertz CT molecular complexity index is 2610. The van der Waals surface area contributed by atoms with Gasteiger partial charge in [-0.1, -0.05) is 166 Å². The first-order valence-electron chi connectivity index (χ1n) is 19.8. The second-order valence-electron chi connectivity index (χ2n) is 15.7. The minimum Gasteiger partial charge on any atom is -0.334 e. The Hall–Kier alpha value is -6.12. The highest BCUT2D eigenvalue weighted by Crippen LogP contribution is 2.54. The minimum absolute atomic E-state index is 0.145. The average molecular weight is 713 g/mol. The van der Waals surface area contributed by atoms with Gasteiger partial charge in [0, 0.05) is 50.6 Å². The maximum absolute atomic E-state index is 2.50. The van der Waals surface area contributed by atoms with E-state index in [1.54, 1.807) is 0 Å². The second-order valence-corrected chi connectivity index (χ2v) is 15.7. The third-order valence-corrected chi connectivity index (χ3v) is 12.1. The van der Waals surface area contributed by atoms with Crippen LogP contribution in [-0.2, 0) is 5.41 Å². The van der Waals surface area contributed by atoms with Crippen LogP contribution in [-0.4, -0.2) is 4.57 Å². The standard InChI is InChI=1S/C53H48N2/c1-6-38(28-27-37(3)54-49-24-14-11-20-45(49)46-21-12-15-25-50(46)54)39-29-31-41(32-30-39)55(42-33-34-43(36(2)35-42)40-17-8-7-9-18-40)51-26-16-22-47-44-19-10-13-23-48(44)53(4,5)52(47)51/h6-37,43H,1-5H3/b28-27-,38-6+. The first-order valence-corrected chi connectivity index (χ1v) is 19.8. The Morgan fingerprint density at radius 3 is 2.04 bits per heavy atom. The fourth-order valence-electron chi connectivity index (χ4n) is 9.36. The molecule has 0 N–H and O–H groups in total. The molecule has 55 heavy (non-hydrogen) atoms. The highest BCUT2D eigenvalue weighted by molar-refractivity contribution is 6.08. The van der Waals surface area contributed by atoms with Crippen molar-refractivity contribution in [3.05, 3.63) is 210 Å². The zero-order valence-electron chi connectivity index (χ0n) is 32.4. The third kappa shape index (κ3) is 5.88. The topological polar surface area (TPSA) is 8.17 Å². The zero-order chi connectivity index (χ0) is 37.7. The van der Waals surface area contributed by atoms with E-state index in [4.69, 9.17) is 0 Å². The summed E-state index contributed by atoms with van der Waals surface area (Å²) in [5.41, 5.74) is 15.2. The molecule has 7 aromatic rings. The quantitative estimate of drug-likeness (QED) is 0.142. The molecule has 9 rings (SSSR count). The molecule has 1 heterocycles. The van der Waals surface area contributed by atoms with E-state index < -0.39 is 0 Å². The van der Waals surface area contributed by atoms with Crippen molar-refractivity contribution >= 4 is 38.8 Å². The molecular weight excluding hydrogens is 665 g/mol. The molecule has 0 bridgehead atoms. The number of anilines is 2. The van der Waals surface area contributed by atoms with Crippen LogP contribution < -0.4 is 4.90 Å². The Labute approximate surface area is 326 Å². The number of aromatic nitrogens is 1. The lowest BCUT2D eigenvalue weighted by atomic mass is 9.80. The molecule has 3 atom stereocenters. The van der Waals surface area contributed by atoms with Gasteiger partial charge in [0.05, 0.1) is 5.69 Å². The fraction of sp³-hybridized carbons (Fsp3) is 0.170. The molecule has 1 aromatic heterocycles. The van der Waals surface area contributed by atoms with Gasteiger partial charge in [-0.2, -0.15) is 0 Å². The van der Waals surface area contributed by atoms with Gasteiger partial charge in [-0.25, -0.2) is 0 Å². The van der Waals surface area contributed by atoms with E-state index >= 15 is 0 Å². The van der Waals surface area contributed by atoms with Gasteiger partial charge in [0.1, 0.15) is 0 Å². The zero-order valence-corrected chi connectivity index (χ0v) is 32.4. The monoisotopic (exact) mass is 712 g/mol. The van der Waals surface area contributed by atoms with Gasteiger partial charge >= 0.3 is 0 Å². The maximum atomic E-state index is 2.50. The van der Waals surface area contributed by atoms with Gasteiger partial charge in [-0.3, -0.25) is 0 Å². The first kappa shape index (κ1) is 34.6. The molecule has 270 valence electrons. The van der Waals surface area contributed by atoms with Crippen LogP contribution in [0.3, 0.4) is 0 Å². The molecule has 2 heteroatoms. The SMILES string of the molecule is C/C=C(\C=C/C(C)n1c2ccccc2c2ccccc21)c1ccc(N(C2=CC(C)C(c3ccccc3)C=C2)c2cccc3c2C(C)(C)c2ccccc2-3)cc1. The van der Waals surface area contributed by atoms with Crippen molar-refractivity contribution in [1.82, 2.24) is 4.57 Å². The highest BCUT2D eigenvalue weighted by Gasteiger charge is 2.39. The van der Waals surface area contributed by atoms with Gasteiger partial charge in [0.25, 0.3) is 0 Å². The summed E-state index contributed by atoms with van der Waals surface area (Å²) in [5.74, 6) is 0.674. The fourth-order valence-corrected chi connectivity index (χ4v) is 9.36. The van der Waals surface area contributed by atoms with Crippen LogP contribution in [0.2, 0.25) is 0 Å². The molecule has 0 aliphatic heterocycles. The highest BCUT2D eigenvalue weighted by atomic mass is 15.2. The lowest BCUT2D eigenvalue weighted by Gasteiger charge is -2.35. The van der Waals surface area contributed by atoms with Crippen LogP contribution >= 0.6 is 0 Å². The lowest BCUT2D eigenvalue weighted by molar-refractivity contribution is 0.627.